The molecule has 1 rings (SSSR count). The Morgan fingerprint density at radius 1 is 1.33 bits per heavy atom. The predicted octanol–water partition coefficient (Wildman–Crippen LogP) is 3.56. The van der Waals surface area contributed by atoms with E-state index in [1.807, 2.05) is 26.0 Å². The average Bonchev–Trinajstić information content (AvgIpc) is 2.17. The molecule has 0 aliphatic rings. The lowest BCUT2D eigenvalue weighted by Crippen LogP contribution is -2.18. The van der Waals surface area contributed by atoms with Crippen molar-refractivity contribution in [3.8, 4) is 5.88 Å². The summed E-state index contributed by atoms with van der Waals surface area (Å²) in [5.41, 5.74) is 1.22. The number of hydrogen-bond acceptors (Lipinski definition) is 2. The lowest BCUT2D eigenvalue weighted by molar-refractivity contribution is 0.231. The van der Waals surface area contributed by atoms with Gasteiger partial charge in [-0.25, -0.2) is 4.98 Å². The molecule has 0 saturated heterocycles. The zero-order valence-corrected chi connectivity index (χ0v) is 10.4. The minimum Gasteiger partial charge on any atom is -0.475 e. The second-order valence-corrected chi connectivity index (χ2v) is 4.77. The van der Waals surface area contributed by atoms with Gasteiger partial charge in [0.05, 0.1) is 11.8 Å². The molecular weight excluding hydrogens is 186 g/mol. The van der Waals surface area contributed by atoms with Crippen LogP contribution in [0.3, 0.4) is 0 Å². The summed E-state index contributed by atoms with van der Waals surface area (Å²) in [6, 6.07) is 5.99. The first-order chi connectivity index (χ1) is 6.95. The number of rotatable bonds is 4. The van der Waals surface area contributed by atoms with E-state index in [-0.39, 0.29) is 11.5 Å². The second kappa shape index (κ2) is 4.65. The van der Waals surface area contributed by atoms with Crippen molar-refractivity contribution >= 4 is 0 Å². The van der Waals surface area contributed by atoms with Crippen LogP contribution in [-0.4, -0.2) is 11.1 Å². The molecule has 0 fully saturated rings. The highest BCUT2D eigenvalue weighted by molar-refractivity contribution is 5.21. The first kappa shape index (κ1) is 12.0. The maximum Gasteiger partial charge on any atom is 0.213 e. The Balaban J connectivity index is 2.92. The van der Waals surface area contributed by atoms with Crippen molar-refractivity contribution in [2.75, 3.05) is 0 Å². The summed E-state index contributed by atoms with van der Waals surface area (Å²) in [5, 5.41) is 0. The molecule has 0 atom stereocenters. The van der Waals surface area contributed by atoms with Gasteiger partial charge in [0.15, 0.2) is 0 Å². The maximum atomic E-state index is 5.58. The molecule has 0 spiro atoms. The van der Waals surface area contributed by atoms with E-state index in [4.69, 9.17) is 4.74 Å². The van der Waals surface area contributed by atoms with Crippen LogP contribution in [0.15, 0.2) is 18.2 Å². The van der Waals surface area contributed by atoms with Gasteiger partial charge in [-0.2, -0.15) is 0 Å². The van der Waals surface area contributed by atoms with Crippen LogP contribution in [0.1, 0.15) is 46.7 Å². The lowest BCUT2D eigenvalue weighted by atomic mass is 9.86. The standard InChI is InChI=1S/C13H21NO/c1-6-13(4,5)11-8-7-9-12(14-11)15-10(2)3/h7-10H,6H2,1-5H3. The van der Waals surface area contributed by atoms with Crippen LogP contribution in [0.2, 0.25) is 0 Å². The van der Waals surface area contributed by atoms with Gasteiger partial charge in [-0.05, 0) is 26.3 Å². The third-order valence-electron chi connectivity index (χ3n) is 2.66. The Kier molecular flexibility index (Phi) is 3.72. The van der Waals surface area contributed by atoms with E-state index in [1.165, 1.54) is 0 Å². The van der Waals surface area contributed by atoms with Crippen LogP contribution in [0.5, 0.6) is 5.88 Å². The van der Waals surface area contributed by atoms with E-state index in [0.717, 1.165) is 18.0 Å². The molecule has 0 radical (unpaired) electrons. The normalized spacial score (nSPS) is 11.9. The summed E-state index contributed by atoms with van der Waals surface area (Å²) in [5.74, 6) is 0.726. The lowest BCUT2D eigenvalue weighted by Gasteiger charge is -2.22. The molecule has 1 aromatic rings. The fourth-order valence-electron chi connectivity index (χ4n) is 1.28. The van der Waals surface area contributed by atoms with Crippen LogP contribution >= 0.6 is 0 Å². The average molecular weight is 207 g/mol. The molecule has 0 aliphatic carbocycles. The van der Waals surface area contributed by atoms with Crippen LogP contribution in [0.4, 0.5) is 0 Å². The van der Waals surface area contributed by atoms with Gasteiger partial charge in [0.25, 0.3) is 0 Å². The molecule has 84 valence electrons. The number of ether oxygens (including phenoxy) is 1. The Labute approximate surface area is 92.7 Å². The maximum absolute atomic E-state index is 5.58. The molecule has 2 heteroatoms. The van der Waals surface area contributed by atoms with Crippen LogP contribution in [-0.2, 0) is 5.41 Å². The topological polar surface area (TPSA) is 22.1 Å². The molecule has 1 aromatic heterocycles. The monoisotopic (exact) mass is 207 g/mol. The van der Waals surface area contributed by atoms with E-state index in [0.29, 0.717) is 0 Å². The van der Waals surface area contributed by atoms with E-state index < -0.39 is 0 Å². The number of aromatic nitrogens is 1. The SMILES string of the molecule is CCC(C)(C)c1cccc(OC(C)C)n1. The van der Waals surface area contributed by atoms with Gasteiger partial charge >= 0.3 is 0 Å². The zero-order valence-electron chi connectivity index (χ0n) is 10.4. The molecule has 2 nitrogen and oxygen atoms in total. The quantitative estimate of drug-likeness (QED) is 0.753. The van der Waals surface area contributed by atoms with Crippen molar-refractivity contribution in [1.29, 1.82) is 0 Å². The van der Waals surface area contributed by atoms with Crippen molar-refractivity contribution in [3.05, 3.63) is 23.9 Å². The summed E-state index contributed by atoms with van der Waals surface area (Å²) in [6.07, 6.45) is 1.25. The molecule has 0 saturated carbocycles. The van der Waals surface area contributed by atoms with Gasteiger partial charge in [-0.3, -0.25) is 0 Å². The van der Waals surface area contributed by atoms with E-state index in [2.05, 4.69) is 31.8 Å². The highest BCUT2D eigenvalue weighted by atomic mass is 16.5. The molecule has 0 bridgehead atoms. The Hall–Kier alpha value is -1.05. The van der Waals surface area contributed by atoms with Crippen LogP contribution in [0, 0.1) is 0 Å². The number of nitrogens with zero attached hydrogens (tertiary/aromatic N) is 1. The fourth-order valence-corrected chi connectivity index (χ4v) is 1.28. The summed E-state index contributed by atoms with van der Waals surface area (Å²) in [7, 11) is 0. The van der Waals surface area contributed by atoms with Gasteiger partial charge in [0, 0.05) is 11.5 Å². The zero-order chi connectivity index (χ0) is 11.5. The highest BCUT2D eigenvalue weighted by Crippen LogP contribution is 2.26. The van der Waals surface area contributed by atoms with Crippen molar-refractivity contribution < 1.29 is 4.74 Å². The van der Waals surface area contributed by atoms with Gasteiger partial charge in [0.1, 0.15) is 0 Å². The highest BCUT2D eigenvalue weighted by Gasteiger charge is 2.20. The molecule has 0 aromatic carbocycles. The second-order valence-electron chi connectivity index (χ2n) is 4.77. The minimum atomic E-state index is 0.121. The van der Waals surface area contributed by atoms with Crippen molar-refractivity contribution in [2.45, 2.75) is 52.6 Å². The van der Waals surface area contributed by atoms with Gasteiger partial charge in [0.2, 0.25) is 5.88 Å². The predicted molar refractivity (Wildman–Crippen MR) is 63.3 cm³/mol. The number of hydrogen-bond donors (Lipinski definition) is 0. The van der Waals surface area contributed by atoms with Crippen molar-refractivity contribution in [2.24, 2.45) is 0 Å². The first-order valence-electron chi connectivity index (χ1n) is 5.60. The Morgan fingerprint density at radius 3 is 2.53 bits per heavy atom. The molecular formula is C13H21NO. The molecule has 15 heavy (non-hydrogen) atoms. The molecule has 1 heterocycles. The molecule has 0 unspecified atom stereocenters. The molecule has 0 amide bonds. The third-order valence-corrected chi connectivity index (χ3v) is 2.66. The van der Waals surface area contributed by atoms with E-state index in [1.54, 1.807) is 0 Å². The summed E-state index contributed by atoms with van der Waals surface area (Å²) in [6.45, 7) is 10.6. The van der Waals surface area contributed by atoms with Gasteiger partial charge in [-0.1, -0.05) is 26.8 Å². The molecule has 0 N–H and O–H groups in total. The summed E-state index contributed by atoms with van der Waals surface area (Å²) >= 11 is 0. The van der Waals surface area contributed by atoms with Crippen LogP contribution in [0.25, 0.3) is 0 Å². The Morgan fingerprint density at radius 2 is 2.00 bits per heavy atom. The first-order valence-corrected chi connectivity index (χ1v) is 5.60. The van der Waals surface area contributed by atoms with E-state index in [9.17, 15) is 0 Å². The summed E-state index contributed by atoms with van der Waals surface area (Å²) in [4.78, 5) is 4.53. The van der Waals surface area contributed by atoms with E-state index >= 15 is 0 Å². The number of pyridine rings is 1. The largest absolute Gasteiger partial charge is 0.475 e. The van der Waals surface area contributed by atoms with Gasteiger partial charge in [-0.15, -0.1) is 0 Å². The fraction of sp³-hybridized carbons (Fsp3) is 0.615. The van der Waals surface area contributed by atoms with Crippen molar-refractivity contribution in [3.63, 3.8) is 0 Å². The minimum absolute atomic E-state index is 0.121. The van der Waals surface area contributed by atoms with Gasteiger partial charge < -0.3 is 4.74 Å². The van der Waals surface area contributed by atoms with Crippen LogP contribution < -0.4 is 4.74 Å². The third kappa shape index (κ3) is 3.22. The smallest absolute Gasteiger partial charge is 0.213 e. The molecule has 0 aliphatic heterocycles. The Bertz CT molecular complexity index is 318. The summed E-state index contributed by atoms with van der Waals surface area (Å²) < 4.78 is 5.58. The van der Waals surface area contributed by atoms with Crippen molar-refractivity contribution in [1.82, 2.24) is 4.98 Å².